The van der Waals surface area contributed by atoms with Crippen LogP contribution < -0.4 is 14.9 Å². The van der Waals surface area contributed by atoms with Gasteiger partial charge in [0.2, 0.25) is 0 Å². The van der Waals surface area contributed by atoms with Gasteiger partial charge in [0.05, 0.1) is 25.1 Å². The van der Waals surface area contributed by atoms with E-state index in [1.54, 1.807) is 20.3 Å². The molecule has 106 valence electrons. The Balaban J connectivity index is 2.39. The summed E-state index contributed by atoms with van der Waals surface area (Å²) in [5.41, 5.74) is 2.82. The molecular formula is C16H19NO3. The van der Waals surface area contributed by atoms with Crippen molar-refractivity contribution in [2.45, 2.75) is 32.1 Å². The van der Waals surface area contributed by atoms with Gasteiger partial charge in [-0.2, -0.15) is 0 Å². The highest BCUT2D eigenvalue weighted by Gasteiger charge is 2.19. The minimum atomic E-state index is 0.0893. The molecule has 2 aromatic rings. The summed E-state index contributed by atoms with van der Waals surface area (Å²) < 4.78 is 10.7. The Morgan fingerprint density at radius 1 is 1.00 bits per heavy atom. The van der Waals surface area contributed by atoms with Gasteiger partial charge in [-0.25, -0.2) is 0 Å². The number of aryl methyl sites for hydroxylation is 1. The number of benzene rings is 1. The number of aromatic nitrogens is 1. The maximum atomic E-state index is 12.8. The van der Waals surface area contributed by atoms with Gasteiger partial charge in [-0.1, -0.05) is 6.42 Å². The third-order valence-electron chi connectivity index (χ3n) is 4.06. The monoisotopic (exact) mass is 273 g/mol. The minimum Gasteiger partial charge on any atom is -0.496 e. The molecule has 1 aliphatic rings. The number of pyridine rings is 1. The first-order valence-electron chi connectivity index (χ1n) is 7.05. The highest BCUT2D eigenvalue weighted by molar-refractivity contribution is 5.90. The number of hydrogen-bond acceptors (Lipinski definition) is 3. The normalized spacial score (nSPS) is 14.7. The van der Waals surface area contributed by atoms with Crippen molar-refractivity contribution in [3.8, 4) is 11.5 Å². The Morgan fingerprint density at radius 2 is 1.70 bits per heavy atom. The molecule has 1 heterocycles. The Bertz CT molecular complexity index is 703. The van der Waals surface area contributed by atoms with Gasteiger partial charge in [0.25, 0.3) is 0 Å². The van der Waals surface area contributed by atoms with Crippen molar-refractivity contribution in [1.29, 1.82) is 0 Å². The number of rotatable bonds is 2. The molecule has 0 amide bonds. The minimum absolute atomic E-state index is 0.0893. The molecule has 0 unspecified atom stereocenters. The number of methoxy groups -OCH3 is 2. The van der Waals surface area contributed by atoms with Crippen molar-refractivity contribution < 1.29 is 9.47 Å². The van der Waals surface area contributed by atoms with E-state index in [0.29, 0.717) is 16.9 Å². The van der Waals surface area contributed by atoms with Crippen molar-refractivity contribution in [3.63, 3.8) is 0 Å². The fourth-order valence-electron chi connectivity index (χ4n) is 3.03. The van der Waals surface area contributed by atoms with Gasteiger partial charge in [0.15, 0.2) is 5.43 Å². The molecule has 1 aromatic carbocycles. The first kappa shape index (κ1) is 13.0. The number of aromatic amines is 1. The number of H-pyrrole nitrogens is 1. The van der Waals surface area contributed by atoms with E-state index in [1.165, 1.54) is 6.42 Å². The molecule has 0 aliphatic heterocycles. The van der Waals surface area contributed by atoms with Crippen LogP contribution in [0.5, 0.6) is 11.5 Å². The molecule has 4 heteroatoms. The van der Waals surface area contributed by atoms with E-state index < -0.39 is 0 Å². The van der Waals surface area contributed by atoms with Crippen molar-refractivity contribution in [2.24, 2.45) is 0 Å². The van der Waals surface area contributed by atoms with Crippen LogP contribution in [0.2, 0.25) is 0 Å². The summed E-state index contributed by atoms with van der Waals surface area (Å²) in [7, 11) is 3.21. The van der Waals surface area contributed by atoms with Gasteiger partial charge < -0.3 is 14.5 Å². The Labute approximate surface area is 117 Å². The Hall–Kier alpha value is -1.97. The van der Waals surface area contributed by atoms with E-state index in [4.69, 9.17) is 9.47 Å². The lowest BCUT2D eigenvalue weighted by Gasteiger charge is -2.13. The second-order valence-electron chi connectivity index (χ2n) is 5.19. The Morgan fingerprint density at radius 3 is 2.45 bits per heavy atom. The first-order chi connectivity index (χ1) is 9.76. The lowest BCUT2D eigenvalue weighted by molar-refractivity contribution is 0.409. The van der Waals surface area contributed by atoms with Crippen LogP contribution in [0.4, 0.5) is 0 Å². The molecule has 4 nitrogen and oxygen atoms in total. The highest BCUT2D eigenvalue weighted by atomic mass is 16.5. The molecule has 0 spiro atoms. The van der Waals surface area contributed by atoms with Crippen LogP contribution in [-0.2, 0) is 12.8 Å². The maximum Gasteiger partial charge on any atom is 0.196 e. The molecule has 0 radical (unpaired) electrons. The van der Waals surface area contributed by atoms with Gasteiger partial charge in [-0.3, -0.25) is 4.79 Å². The van der Waals surface area contributed by atoms with Crippen LogP contribution in [0.1, 0.15) is 30.5 Å². The summed E-state index contributed by atoms with van der Waals surface area (Å²) in [4.78, 5) is 16.2. The number of fused-ring (bicyclic) bond motifs is 2. The van der Waals surface area contributed by atoms with Crippen molar-refractivity contribution in [1.82, 2.24) is 4.98 Å². The molecule has 1 N–H and O–H groups in total. The van der Waals surface area contributed by atoms with Crippen LogP contribution in [0.25, 0.3) is 10.9 Å². The van der Waals surface area contributed by atoms with E-state index in [2.05, 4.69) is 4.98 Å². The predicted molar refractivity (Wildman–Crippen MR) is 78.9 cm³/mol. The quantitative estimate of drug-likeness (QED) is 0.856. The van der Waals surface area contributed by atoms with Crippen molar-refractivity contribution in [2.75, 3.05) is 14.2 Å². The standard InChI is InChI=1S/C16H19NO3/c1-19-12-8-9-13(20-2)15-14(12)16(18)10-6-4-3-5-7-11(10)17-15/h8-9H,3-7H2,1-2H3,(H,17,18). The van der Waals surface area contributed by atoms with Crippen LogP contribution in [0.3, 0.4) is 0 Å². The van der Waals surface area contributed by atoms with Crippen LogP contribution in [-0.4, -0.2) is 19.2 Å². The molecule has 20 heavy (non-hydrogen) atoms. The fraction of sp³-hybridized carbons (Fsp3) is 0.438. The topological polar surface area (TPSA) is 51.3 Å². The van der Waals surface area contributed by atoms with E-state index in [1.807, 2.05) is 6.07 Å². The van der Waals surface area contributed by atoms with Crippen molar-refractivity contribution >= 4 is 10.9 Å². The average Bonchev–Trinajstić information content (AvgIpc) is 2.72. The lowest BCUT2D eigenvalue weighted by atomic mass is 10.0. The van der Waals surface area contributed by atoms with E-state index in [-0.39, 0.29) is 5.43 Å². The lowest BCUT2D eigenvalue weighted by Crippen LogP contribution is -2.15. The SMILES string of the molecule is COc1ccc(OC)c2c(=O)c3c([nH]c12)CCCCC3. The molecule has 3 rings (SSSR count). The summed E-state index contributed by atoms with van der Waals surface area (Å²) in [5, 5.41) is 0.604. The zero-order chi connectivity index (χ0) is 14.1. The number of ether oxygens (including phenoxy) is 2. The Kier molecular flexibility index (Phi) is 3.38. The summed E-state index contributed by atoms with van der Waals surface area (Å²) in [5.74, 6) is 1.29. The van der Waals surface area contributed by atoms with Gasteiger partial charge in [0, 0.05) is 11.3 Å². The second-order valence-corrected chi connectivity index (χ2v) is 5.19. The average molecular weight is 273 g/mol. The number of hydrogen-bond donors (Lipinski definition) is 1. The first-order valence-corrected chi connectivity index (χ1v) is 7.05. The van der Waals surface area contributed by atoms with Crippen molar-refractivity contribution in [3.05, 3.63) is 33.6 Å². The van der Waals surface area contributed by atoms with Crippen LogP contribution in [0.15, 0.2) is 16.9 Å². The molecule has 0 saturated heterocycles. The maximum absolute atomic E-state index is 12.8. The highest BCUT2D eigenvalue weighted by Crippen LogP contribution is 2.31. The third kappa shape index (κ3) is 1.96. The largest absolute Gasteiger partial charge is 0.496 e. The summed E-state index contributed by atoms with van der Waals surface area (Å²) in [6.07, 6.45) is 5.16. The van der Waals surface area contributed by atoms with E-state index >= 15 is 0 Å². The summed E-state index contributed by atoms with van der Waals surface area (Å²) in [6, 6.07) is 3.62. The van der Waals surface area contributed by atoms with E-state index in [9.17, 15) is 4.79 Å². The number of nitrogens with one attached hydrogen (secondary N) is 1. The predicted octanol–water partition coefficient (Wildman–Crippen LogP) is 2.81. The van der Waals surface area contributed by atoms with Crippen LogP contribution in [0, 0.1) is 0 Å². The smallest absolute Gasteiger partial charge is 0.196 e. The van der Waals surface area contributed by atoms with Gasteiger partial charge in [-0.05, 0) is 37.8 Å². The second kappa shape index (κ2) is 5.19. The molecule has 1 aliphatic carbocycles. The molecular weight excluding hydrogens is 254 g/mol. The third-order valence-corrected chi connectivity index (χ3v) is 4.06. The summed E-state index contributed by atoms with van der Waals surface area (Å²) >= 11 is 0. The van der Waals surface area contributed by atoms with Crippen LogP contribution >= 0.6 is 0 Å². The molecule has 0 atom stereocenters. The summed E-state index contributed by atoms with van der Waals surface area (Å²) in [6.45, 7) is 0. The van der Waals surface area contributed by atoms with Gasteiger partial charge in [-0.15, -0.1) is 0 Å². The molecule has 0 saturated carbocycles. The zero-order valence-electron chi connectivity index (χ0n) is 11.9. The molecule has 1 aromatic heterocycles. The van der Waals surface area contributed by atoms with Gasteiger partial charge in [0.1, 0.15) is 11.5 Å². The zero-order valence-corrected chi connectivity index (χ0v) is 11.9. The van der Waals surface area contributed by atoms with Gasteiger partial charge >= 0.3 is 0 Å². The molecule has 0 fully saturated rings. The fourth-order valence-corrected chi connectivity index (χ4v) is 3.03. The molecule has 0 bridgehead atoms. The van der Waals surface area contributed by atoms with E-state index in [0.717, 1.165) is 42.5 Å².